The number of halogens is 4. The summed E-state index contributed by atoms with van der Waals surface area (Å²) in [5.41, 5.74) is 1.17. The molecule has 0 unspecified atom stereocenters. The van der Waals surface area contributed by atoms with Crippen LogP contribution in [-0.4, -0.2) is 38.0 Å². The maximum Gasteiger partial charge on any atom is 0.416 e. The van der Waals surface area contributed by atoms with Crippen molar-refractivity contribution in [3.63, 3.8) is 0 Å². The fraction of sp³-hybridized carbons (Fsp3) is 0.227. The van der Waals surface area contributed by atoms with Gasteiger partial charge in [-0.05, 0) is 30.2 Å². The minimum atomic E-state index is -4.55. The molecular formula is C22H19F4N5O. The Bertz CT molecular complexity index is 1250. The van der Waals surface area contributed by atoms with Crippen molar-refractivity contribution in [3.8, 4) is 22.4 Å². The molecule has 0 radical (unpaired) electrons. The van der Waals surface area contributed by atoms with E-state index in [1.165, 1.54) is 0 Å². The monoisotopic (exact) mass is 445 g/mol. The van der Waals surface area contributed by atoms with Crippen LogP contribution in [0.5, 0.6) is 0 Å². The first-order chi connectivity index (χ1) is 15.3. The first kappa shape index (κ1) is 21.7. The third-order valence-electron chi connectivity index (χ3n) is 4.96. The number of nitrogens with zero attached hydrogens (tertiary/aromatic N) is 4. The van der Waals surface area contributed by atoms with Crippen LogP contribution in [0, 0.1) is 5.82 Å². The molecule has 0 bridgehead atoms. The van der Waals surface area contributed by atoms with E-state index in [0.29, 0.717) is 46.8 Å². The Morgan fingerprint density at radius 3 is 2.47 bits per heavy atom. The summed E-state index contributed by atoms with van der Waals surface area (Å²) in [6, 6.07) is 8.80. The van der Waals surface area contributed by atoms with Gasteiger partial charge in [-0.3, -0.25) is 0 Å². The lowest BCUT2D eigenvalue weighted by molar-refractivity contribution is -0.137. The van der Waals surface area contributed by atoms with Gasteiger partial charge >= 0.3 is 6.18 Å². The predicted molar refractivity (Wildman–Crippen MR) is 112 cm³/mol. The fourth-order valence-electron chi connectivity index (χ4n) is 3.35. The van der Waals surface area contributed by atoms with Gasteiger partial charge in [-0.25, -0.2) is 14.1 Å². The second-order valence-electron chi connectivity index (χ2n) is 7.18. The highest BCUT2D eigenvalue weighted by Crippen LogP contribution is 2.34. The van der Waals surface area contributed by atoms with Crippen molar-refractivity contribution in [1.82, 2.24) is 19.7 Å². The number of aliphatic hydroxyl groups is 1. The standard InChI is InChI=1S/C22H19F4N5O/c1-31-20-17(12-28-21(29-20)27-9-2-10-32)19(30-31)14-5-3-13(4-6-14)16-11-15(22(24,25)26)7-8-18(16)23/h3-8,11-12,32H,2,9-10H2,1H3,(H,27,28,29). The predicted octanol–water partition coefficient (Wildman–Crippen LogP) is 4.65. The van der Waals surface area contributed by atoms with E-state index in [-0.39, 0.29) is 12.2 Å². The van der Waals surface area contributed by atoms with E-state index in [1.54, 1.807) is 42.2 Å². The van der Waals surface area contributed by atoms with Crippen molar-refractivity contribution < 1.29 is 22.7 Å². The Morgan fingerprint density at radius 1 is 1.06 bits per heavy atom. The van der Waals surface area contributed by atoms with E-state index < -0.39 is 17.6 Å². The highest BCUT2D eigenvalue weighted by atomic mass is 19.4. The molecule has 0 aliphatic carbocycles. The van der Waals surface area contributed by atoms with E-state index in [0.717, 1.165) is 18.2 Å². The van der Waals surface area contributed by atoms with Crippen LogP contribution in [0.15, 0.2) is 48.7 Å². The molecule has 10 heteroatoms. The van der Waals surface area contributed by atoms with Crippen molar-refractivity contribution in [1.29, 1.82) is 0 Å². The summed E-state index contributed by atoms with van der Waals surface area (Å²) in [5, 5.41) is 17.1. The van der Waals surface area contributed by atoms with Gasteiger partial charge in [0.1, 0.15) is 11.5 Å². The molecule has 0 atom stereocenters. The Morgan fingerprint density at radius 2 is 1.78 bits per heavy atom. The number of hydrogen-bond acceptors (Lipinski definition) is 5. The zero-order chi connectivity index (χ0) is 22.9. The van der Waals surface area contributed by atoms with Gasteiger partial charge in [-0.1, -0.05) is 24.3 Å². The van der Waals surface area contributed by atoms with Gasteiger partial charge in [-0.2, -0.15) is 23.3 Å². The number of fused-ring (bicyclic) bond motifs is 1. The summed E-state index contributed by atoms with van der Waals surface area (Å²) >= 11 is 0. The minimum absolute atomic E-state index is 0.0610. The van der Waals surface area contributed by atoms with Crippen molar-refractivity contribution in [2.24, 2.45) is 7.05 Å². The molecular weight excluding hydrogens is 426 g/mol. The quantitative estimate of drug-likeness (QED) is 0.334. The van der Waals surface area contributed by atoms with Crippen LogP contribution in [-0.2, 0) is 13.2 Å². The van der Waals surface area contributed by atoms with E-state index in [9.17, 15) is 17.6 Å². The molecule has 0 aliphatic heterocycles. The Balaban J connectivity index is 1.66. The fourth-order valence-corrected chi connectivity index (χ4v) is 3.35. The summed E-state index contributed by atoms with van der Waals surface area (Å²) in [7, 11) is 1.74. The molecule has 0 spiro atoms. The van der Waals surface area contributed by atoms with Crippen LogP contribution in [0.2, 0.25) is 0 Å². The molecule has 2 heterocycles. The molecule has 0 amide bonds. The van der Waals surface area contributed by atoms with Gasteiger partial charge in [-0.15, -0.1) is 0 Å². The number of hydrogen-bond donors (Lipinski definition) is 2. The summed E-state index contributed by atoms with van der Waals surface area (Å²) in [4.78, 5) is 8.72. The molecule has 4 rings (SSSR count). The number of aryl methyl sites for hydroxylation is 1. The molecule has 2 N–H and O–H groups in total. The van der Waals surface area contributed by atoms with E-state index >= 15 is 0 Å². The second-order valence-corrected chi connectivity index (χ2v) is 7.18. The molecule has 2 aromatic carbocycles. The summed E-state index contributed by atoms with van der Waals surface area (Å²) in [6.45, 7) is 0.589. The minimum Gasteiger partial charge on any atom is -0.396 e. The van der Waals surface area contributed by atoms with Gasteiger partial charge in [0, 0.05) is 37.5 Å². The molecule has 166 valence electrons. The lowest BCUT2D eigenvalue weighted by atomic mass is 10.00. The largest absolute Gasteiger partial charge is 0.416 e. The van der Waals surface area contributed by atoms with Crippen LogP contribution in [0.4, 0.5) is 23.5 Å². The highest BCUT2D eigenvalue weighted by Gasteiger charge is 2.31. The molecule has 6 nitrogen and oxygen atoms in total. The number of aromatic nitrogens is 4. The van der Waals surface area contributed by atoms with Crippen LogP contribution in [0.1, 0.15) is 12.0 Å². The van der Waals surface area contributed by atoms with Crippen LogP contribution in [0.3, 0.4) is 0 Å². The van der Waals surface area contributed by atoms with Gasteiger partial charge in [0.25, 0.3) is 0 Å². The molecule has 4 aromatic rings. The Hall–Kier alpha value is -3.53. The molecule has 2 aromatic heterocycles. The van der Waals surface area contributed by atoms with Crippen molar-refractivity contribution in [2.45, 2.75) is 12.6 Å². The zero-order valence-corrected chi connectivity index (χ0v) is 17.0. The average molecular weight is 445 g/mol. The van der Waals surface area contributed by atoms with Gasteiger partial charge in [0.2, 0.25) is 5.95 Å². The summed E-state index contributed by atoms with van der Waals surface area (Å²) in [6.07, 6.45) is -2.36. The van der Waals surface area contributed by atoms with E-state index in [2.05, 4.69) is 20.4 Å². The van der Waals surface area contributed by atoms with Crippen LogP contribution < -0.4 is 5.32 Å². The normalized spacial score (nSPS) is 11.8. The third kappa shape index (κ3) is 4.26. The Labute approximate surface area is 180 Å². The summed E-state index contributed by atoms with van der Waals surface area (Å²) in [5.74, 6) is -0.320. The van der Waals surface area contributed by atoms with Crippen LogP contribution in [0.25, 0.3) is 33.4 Å². The van der Waals surface area contributed by atoms with Crippen molar-refractivity contribution >= 4 is 17.0 Å². The number of rotatable bonds is 6. The highest BCUT2D eigenvalue weighted by molar-refractivity contribution is 5.91. The first-order valence-corrected chi connectivity index (χ1v) is 9.80. The number of anilines is 1. The molecule has 32 heavy (non-hydrogen) atoms. The smallest absolute Gasteiger partial charge is 0.396 e. The second kappa shape index (κ2) is 8.54. The van der Waals surface area contributed by atoms with Gasteiger partial charge in [0.15, 0.2) is 5.65 Å². The molecule has 0 fully saturated rings. The van der Waals surface area contributed by atoms with Crippen molar-refractivity contribution in [2.75, 3.05) is 18.5 Å². The zero-order valence-electron chi connectivity index (χ0n) is 17.0. The van der Waals surface area contributed by atoms with E-state index in [4.69, 9.17) is 5.11 Å². The number of benzene rings is 2. The SMILES string of the molecule is Cn1nc(-c2ccc(-c3cc(C(F)(F)F)ccc3F)cc2)c2cnc(NCCCO)nc21. The van der Waals surface area contributed by atoms with Crippen LogP contribution >= 0.6 is 0 Å². The van der Waals surface area contributed by atoms with Gasteiger partial charge < -0.3 is 10.4 Å². The van der Waals surface area contributed by atoms with Gasteiger partial charge in [0.05, 0.1) is 10.9 Å². The first-order valence-electron chi connectivity index (χ1n) is 9.80. The number of nitrogens with one attached hydrogen (secondary N) is 1. The maximum atomic E-state index is 14.2. The number of aliphatic hydroxyl groups excluding tert-OH is 1. The third-order valence-corrected chi connectivity index (χ3v) is 4.96. The maximum absolute atomic E-state index is 14.2. The molecule has 0 saturated carbocycles. The lowest BCUT2D eigenvalue weighted by Gasteiger charge is -2.10. The molecule has 0 aliphatic rings. The average Bonchev–Trinajstić information content (AvgIpc) is 3.10. The van der Waals surface area contributed by atoms with E-state index in [1.807, 2.05) is 0 Å². The number of alkyl halides is 3. The molecule has 0 saturated heterocycles. The summed E-state index contributed by atoms with van der Waals surface area (Å²) < 4.78 is 54.8. The lowest BCUT2D eigenvalue weighted by Crippen LogP contribution is -2.07. The van der Waals surface area contributed by atoms with Crippen molar-refractivity contribution in [3.05, 3.63) is 60.0 Å². The topological polar surface area (TPSA) is 75.9 Å². The Kier molecular flexibility index (Phi) is 5.79.